The maximum absolute atomic E-state index is 11.3. The van der Waals surface area contributed by atoms with Gasteiger partial charge in [0, 0.05) is 12.5 Å². The Hall–Kier alpha value is -1.90. The summed E-state index contributed by atoms with van der Waals surface area (Å²) in [6, 6.07) is 0. The molecule has 0 aliphatic heterocycles. The first-order valence-corrected chi connectivity index (χ1v) is 11.4. The molecule has 0 bridgehead atoms. The quantitative estimate of drug-likeness (QED) is 0.247. The number of amides is 1. The number of aliphatic imine (C=N–C) groups is 1. The number of nitrogens with zero attached hydrogens (tertiary/aromatic N) is 1. The number of carbonyl (C=O) groups is 1. The Labute approximate surface area is 178 Å². The number of nitrogens with two attached hydrogens (primary N) is 1. The molecule has 0 saturated heterocycles. The van der Waals surface area contributed by atoms with Crippen LogP contribution in [0.1, 0.15) is 87.0 Å². The summed E-state index contributed by atoms with van der Waals surface area (Å²) in [7, 11) is 0. The molecule has 3 nitrogen and oxygen atoms in total. The van der Waals surface area contributed by atoms with E-state index < -0.39 is 0 Å². The van der Waals surface area contributed by atoms with Crippen molar-refractivity contribution in [2.45, 2.75) is 87.0 Å². The van der Waals surface area contributed by atoms with Crippen molar-refractivity contribution < 1.29 is 4.79 Å². The highest BCUT2D eigenvalue weighted by Gasteiger charge is 2.22. The molecule has 1 rings (SSSR count). The van der Waals surface area contributed by atoms with Crippen LogP contribution in [0.15, 0.2) is 51.6 Å². The summed E-state index contributed by atoms with van der Waals surface area (Å²) in [4.78, 5) is 15.2. The van der Waals surface area contributed by atoms with Gasteiger partial charge in [-0.05, 0) is 61.2 Å². The average molecular weight is 399 g/mol. The summed E-state index contributed by atoms with van der Waals surface area (Å²) in [6.45, 7) is 14.8. The molecule has 0 radical (unpaired) electrons. The highest BCUT2D eigenvalue weighted by atomic mass is 16.1. The van der Waals surface area contributed by atoms with Gasteiger partial charge in [0.05, 0.1) is 0 Å². The molecule has 3 unspecified atom stereocenters. The predicted octanol–water partition coefficient (Wildman–Crippen LogP) is 6.92. The molecule has 0 spiro atoms. The number of carbonyl (C=O) groups excluding carboxylic acids is 1. The zero-order valence-electron chi connectivity index (χ0n) is 19.7. The lowest BCUT2D eigenvalue weighted by molar-refractivity contribution is -0.115. The summed E-state index contributed by atoms with van der Waals surface area (Å²) >= 11 is 0. The Morgan fingerprint density at radius 1 is 1.28 bits per heavy atom. The fourth-order valence-electron chi connectivity index (χ4n) is 4.09. The van der Waals surface area contributed by atoms with Crippen LogP contribution in [0.25, 0.3) is 0 Å². The molecular formula is C26H42N2O. The Bertz CT molecular complexity index is 706. The molecule has 0 fully saturated rings. The molecule has 0 aromatic rings. The van der Waals surface area contributed by atoms with Gasteiger partial charge in [0.15, 0.2) is 0 Å². The Morgan fingerprint density at radius 3 is 2.52 bits per heavy atom. The van der Waals surface area contributed by atoms with Gasteiger partial charge < -0.3 is 5.73 Å². The predicted molar refractivity (Wildman–Crippen MR) is 127 cm³/mol. The number of allylic oxidation sites excluding steroid dienone is 6. The van der Waals surface area contributed by atoms with Crippen LogP contribution in [-0.2, 0) is 4.79 Å². The van der Waals surface area contributed by atoms with Gasteiger partial charge in [-0.1, -0.05) is 77.7 Å². The number of amidine groups is 1. The summed E-state index contributed by atoms with van der Waals surface area (Å²) < 4.78 is 0. The van der Waals surface area contributed by atoms with E-state index in [1.165, 1.54) is 49.3 Å². The SMILES string of the molecule is CC=C(C=C(CC)C1=CC(CCCC(C)CCC)=CC(C)C1C)C(N)=NC(C)=O. The first kappa shape index (κ1) is 25.1. The molecule has 29 heavy (non-hydrogen) atoms. The van der Waals surface area contributed by atoms with Crippen molar-refractivity contribution in [3.05, 3.63) is 46.6 Å². The maximum Gasteiger partial charge on any atom is 0.244 e. The lowest BCUT2D eigenvalue weighted by Crippen LogP contribution is -2.18. The van der Waals surface area contributed by atoms with Crippen molar-refractivity contribution >= 4 is 11.7 Å². The molecule has 3 atom stereocenters. The second-order valence-corrected chi connectivity index (χ2v) is 8.56. The summed E-state index contributed by atoms with van der Waals surface area (Å²) in [5, 5.41) is 0. The van der Waals surface area contributed by atoms with Gasteiger partial charge in [-0.25, -0.2) is 0 Å². The maximum atomic E-state index is 11.3. The third-order valence-corrected chi connectivity index (χ3v) is 6.01. The van der Waals surface area contributed by atoms with Gasteiger partial charge in [0.1, 0.15) is 5.84 Å². The standard InChI is InChI=1S/C26H42N2O/c1-8-12-18(4)13-11-14-22-15-19(5)20(6)25(16-22)23(9-2)17-24(10-3)26(27)28-21(7)29/h10,15-20H,8-9,11-14H2,1-7H3,(H2,27,28,29). The first-order chi connectivity index (χ1) is 13.7. The van der Waals surface area contributed by atoms with E-state index in [0.29, 0.717) is 17.7 Å². The van der Waals surface area contributed by atoms with Gasteiger partial charge in [-0.15, -0.1) is 0 Å². The highest BCUT2D eigenvalue weighted by Crippen LogP contribution is 2.36. The van der Waals surface area contributed by atoms with Crippen molar-refractivity contribution in [3.63, 3.8) is 0 Å². The molecule has 2 N–H and O–H groups in total. The van der Waals surface area contributed by atoms with Crippen LogP contribution in [0.4, 0.5) is 0 Å². The fraction of sp³-hybridized carbons (Fsp3) is 0.615. The van der Waals surface area contributed by atoms with E-state index in [4.69, 9.17) is 5.73 Å². The van der Waals surface area contributed by atoms with Gasteiger partial charge in [-0.3, -0.25) is 4.79 Å². The molecule has 0 saturated carbocycles. The minimum atomic E-state index is -0.269. The topological polar surface area (TPSA) is 55.4 Å². The van der Waals surface area contributed by atoms with E-state index in [1.807, 2.05) is 13.0 Å². The van der Waals surface area contributed by atoms with Crippen LogP contribution in [0, 0.1) is 17.8 Å². The van der Waals surface area contributed by atoms with E-state index in [1.54, 1.807) is 0 Å². The Morgan fingerprint density at radius 2 is 1.97 bits per heavy atom. The monoisotopic (exact) mass is 398 g/mol. The van der Waals surface area contributed by atoms with E-state index in [0.717, 1.165) is 24.3 Å². The van der Waals surface area contributed by atoms with Crippen LogP contribution < -0.4 is 5.73 Å². The normalized spacial score (nSPS) is 22.2. The smallest absolute Gasteiger partial charge is 0.244 e. The molecular weight excluding hydrogens is 356 g/mol. The van der Waals surface area contributed by atoms with Crippen molar-refractivity contribution in [1.82, 2.24) is 0 Å². The van der Waals surface area contributed by atoms with Crippen LogP contribution in [0.2, 0.25) is 0 Å². The van der Waals surface area contributed by atoms with Crippen LogP contribution in [0.3, 0.4) is 0 Å². The summed E-state index contributed by atoms with van der Waals surface area (Å²) in [5.41, 5.74) is 11.0. The average Bonchev–Trinajstić information content (AvgIpc) is 2.65. The fourth-order valence-corrected chi connectivity index (χ4v) is 4.09. The van der Waals surface area contributed by atoms with Crippen LogP contribution in [0.5, 0.6) is 0 Å². The lowest BCUT2D eigenvalue weighted by Gasteiger charge is -2.28. The van der Waals surface area contributed by atoms with Gasteiger partial charge in [0.25, 0.3) is 0 Å². The zero-order chi connectivity index (χ0) is 22.0. The number of hydrogen-bond acceptors (Lipinski definition) is 1. The molecule has 0 aromatic heterocycles. The van der Waals surface area contributed by atoms with E-state index in [9.17, 15) is 4.79 Å². The van der Waals surface area contributed by atoms with Crippen molar-refractivity contribution in [1.29, 1.82) is 0 Å². The molecule has 1 aliphatic rings. The lowest BCUT2D eigenvalue weighted by atomic mass is 9.77. The highest BCUT2D eigenvalue weighted by molar-refractivity contribution is 6.05. The zero-order valence-corrected chi connectivity index (χ0v) is 19.7. The second kappa shape index (κ2) is 12.6. The molecule has 162 valence electrons. The minimum Gasteiger partial charge on any atom is -0.383 e. The van der Waals surface area contributed by atoms with Crippen LogP contribution >= 0.6 is 0 Å². The second-order valence-electron chi connectivity index (χ2n) is 8.56. The molecule has 1 aliphatic carbocycles. The van der Waals surface area contributed by atoms with E-state index in [2.05, 4.69) is 57.8 Å². The Balaban J connectivity index is 3.07. The number of rotatable bonds is 10. The molecule has 3 heteroatoms. The van der Waals surface area contributed by atoms with Crippen molar-refractivity contribution in [3.8, 4) is 0 Å². The third kappa shape index (κ3) is 8.16. The molecule has 0 aromatic carbocycles. The van der Waals surface area contributed by atoms with E-state index >= 15 is 0 Å². The minimum absolute atomic E-state index is 0.269. The molecule has 0 heterocycles. The number of hydrogen-bond donors (Lipinski definition) is 1. The first-order valence-electron chi connectivity index (χ1n) is 11.4. The summed E-state index contributed by atoms with van der Waals surface area (Å²) in [6.07, 6.45) is 16.1. The third-order valence-electron chi connectivity index (χ3n) is 6.01. The summed E-state index contributed by atoms with van der Waals surface area (Å²) in [5.74, 6) is 1.83. The van der Waals surface area contributed by atoms with Crippen molar-refractivity contribution in [2.75, 3.05) is 0 Å². The van der Waals surface area contributed by atoms with Gasteiger partial charge >= 0.3 is 0 Å². The van der Waals surface area contributed by atoms with E-state index in [-0.39, 0.29) is 5.91 Å². The van der Waals surface area contributed by atoms with Gasteiger partial charge in [-0.2, -0.15) is 4.99 Å². The van der Waals surface area contributed by atoms with Crippen molar-refractivity contribution in [2.24, 2.45) is 28.5 Å². The van der Waals surface area contributed by atoms with Gasteiger partial charge in [0.2, 0.25) is 5.91 Å². The molecule has 1 amide bonds. The largest absolute Gasteiger partial charge is 0.383 e. The van der Waals surface area contributed by atoms with Crippen LogP contribution in [-0.4, -0.2) is 11.7 Å². The Kier molecular flexibility index (Phi) is 10.9.